The molecule has 0 atom stereocenters. The molecule has 4 rings (SSSR count). The molecule has 1 saturated heterocycles. The third kappa shape index (κ3) is 3.67. The summed E-state index contributed by atoms with van der Waals surface area (Å²) in [5.41, 5.74) is 1.85. The Morgan fingerprint density at radius 3 is 2.89 bits per heavy atom. The maximum Gasteiger partial charge on any atom is 0.261 e. The Bertz CT molecular complexity index is 979. The third-order valence-corrected chi connectivity index (χ3v) is 6.34. The number of hydrogen-bond donors (Lipinski definition) is 1. The summed E-state index contributed by atoms with van der Waals surface area (Å²) < 4.78 is 14.4. The number of amides is 1. The zero-order valence-electron chi connectivity index (χ0n) is 15.3. The lowest BCUT2D eigenvalue weighted by Crippen LogP contribution is -2.32. The fraction of sp³-hybridized carbons (Fsp3) is 0.333. The van der Waals surface area contributed by atoms with Gasteiger partial charge in [0.05, 0.1) is 4.88 Å². The smallest absolute Gasteiger partial charge is 0.261 e. The van der Waals surface area contributed by atoms with Crippen LogP contribution in [0.3, 0.4) is 0 Å². The van der Waals surface area contributed by atoms with Gasteiger partial charge in [-0.15, -0.1) is 11.3 Å². The predicted octanol–water partition coefficient (Wildman–Crippen LogP) is 4.66. The van der Waals surface area contributed by atoms with Gasteiger partial charge in [0.25, 0.3) is 5.91 Å². The van der Waals surface area contributed by atoms with Crippen molar-refractivity contribution < 1.29 is 9.18 Å². The summed E-state index contributed by atoms with van der Waals surface area (Å²) in [6, 6.07) is 8.58. The van der Waals surface area contributed by atoms with Crippen LogP contribution in [-0.4, -0.2) is 24.0 Å². The number of hydrogen-bond acceptors (Lipinski definition) is 4. The molecule has 0 aliphatic carbocycles. The Balaban J connectivity index is 1.52. The molecule has 0 saturated carbocycles. The normalized spacial score (nSPS) is 14.5. The van der Waals surface area contributed by atoms with E-state index in [-0.39, 0.29) is 11.7 Å². The van der Waals surface area contributed by atoms with E-state index < -0.39 is 0 Å². The average Bonchev–Trinajstić information content (AvgIpc) is 3.03. The minimum Gasteiger partial charge on any atom is -0.356 e. The van der Waals surface area contributed by atoms with Gasteiger partial charge in [-0.05, 0) is 61.4 Å². The van der Waals surface area contributed by atoms with Crippen LogP contribution in [0.5, 0.6) is 0 Å². The number of nitrogens with zero attached hydrogens (tertiary/aromatic N) is 2. The molecule has 0 bridgehead atoms. The number of benzene rings is 1. The van der Waals surface area contributed by atoms with Gasteiger partial charge in [0.2, 0.25) is 0 Å². The summed E-state index contributed by atoms with van der Waals surface area (Å²) >= 11 is 1.40. The van der Waals surface area contributed by atoms with E-state index in [0.717, 1.165) is 40.1 Å². The number of thiophene rings is 1. The highest BCUT2D eigenvalue weighted by atomic mass is 32.1. The van der Waals surface area contributed by atoms with Gasteiger partial charge >= 0.3 is 0 Å². The van der Waals surface area contributed by atoms with Gasteiger partial charge in [-0.3, -0.25) is 4.79 Å². The van der Waals surface area contributed by atoms with Crippen LogP contribution < -0.4 is 10.2 Å². The highest BCUT2D eigenvalue weighted by Gasteiger charge is 2.18. The zero-order chi connectivity index (χ0) is 18.8. The molecule has 1 N–H and O–H groups in total. The third-order valence-electron chi connectivity index (χ3n) is 5.07. The molecule has 0 unspecified atom stereocenters. The average molecular weight is 383 g/mol. The topological polar surface area (TPSA) is 45.2 Å². The van der Waals surface area contributed by atoms with Crippen molar-refractivity contribution in [2.45, 2.75) is 32.7 Å². The van der Waals surface area contributed by atoms with Crippen molar-refractivity contribution in [3.05, 3.63) is 58.3 Å². The molecule has 140 valence electrons. The summed E-state index contributed by atoms with van der Waals surface area (Å²) in [4.78, 5) is 20.2. The van der Waals surface area contributed by atoms with Crippen molar-refractivity contribution in [3.63, 3.8) is 0 Å². The van der Waals surface area contributed by atoms with E-state index in [1.807, 2.05) is 19.1 Å². The number of halogens is 1. The summed E-state index contributed by atoms with van der Waals surface area (Å²) in [6.45, 7) is 4.33. The van der Waals surface area contributed by atoms with E-state index in [0.29, 0.717) is 11.4 Å². The van der Waals surface area contributed by atoms with Crippen LogP contribution >= 0.6 is 11.3 Å². The van der Waals surface area contributed by atoms with E-state index in [9.17, 15) is 9.18 Å². The van der Waals surface area contributed by atoms with Gasteiger partial charge in [-0.25, -0.2) is 9.37 Å². The summed E-state index contributed by atoms with van der Waals surface area (Å²) in [6.07, 6.45) is 5.43. The number of anilines is 1. The number of carbonyl (C=O) groups excluding carboxylic acids is 1. The molecule has 4 nitrogen and oxygen atoms in total. The molecule has 1 aromatic carbocycles. The first-order valence-electron chi connectivity index (χ1n) is 9.29. The number of fused-ring (bicyclic) bond motifs is 1. The van der Waals surface area contributed by atoms with Crippen molar-refractivity contribution >= 4 is 33.1 Å². The first-order valence-corrected chi connectivity index (χ1v) is 10.1. The molecular formula is C21H22FN3OS. The SMILES string of the molecule is Cc1c(C(=O)NCc2cccnc2N2CCCCC2)sc2ccc(F)cc12. The van der Waals surface area contributed by atoms with E-state index in [2.05, 4.69) is 15.2 Å². The Kier molecular flexibility index (Phi) is 5.07. The maximum atomic E-state index is 13.5. The lowest BCUT2D eigenvalue weighted by atomic mass is 10.1. The fourth-order valence-electron chi connectivity index (χ4n) is 3.62. The van der Waals surface area contributed by atoms with Gasteiger partial charge in [-0.2, -0.15) is 0 Å². The monoisotopic (exact) mass is 383 g/mol. The van der Waals surface area contributed by atoms with Gasteiger partial charge in [-0.1, -0.05) is 6.07 Å². The molecule has 1 amide bonds. The number of nitrogens with one attached hydrogen (secondary N) is 1. The van der Waals surface area contributed by atoms with Crippen molar-refractivity contribution in [2.24, 2.45) is 0 Å². The van der Waals surface area contributed by atoms with Gasteiger partial charge < -0.3 is 10.2 Å². The lowest BCUT2D eigenvalue weighted by Gasteiger charge is -2.29. The molecule has 1 aliphatic rings. The number of piperidine rings is 1. The van der Waals surface area contributed by atoms with Crippen LogP contribution in [0, 0.1) is 12.7 Å². The highest BCUT2D eigenvalue weighted by Crippen LogP contribution is 2.31. The summed E-state index contributed by atoms with van der Waals surface area (Å²) in [5.74, 6) is 0.562. The van der Waals surface area contributed by atoms with E-state index in [4.69, 9.17) is 0 Å². The van der Waals surface area contributed by atoms with Crippen LogP contribution in [0.2, 0.25) is 0 Å². The molecule has 1 fully saturated rings. The largest absolute Gasteiger partial charge is 0.356 e. The quantitative estimate of drug-likeness (QED) is 0.712. The Morgan fingerprint density at radius 2 is 2.07 bits per heavy atom. The molecule has 2 aromatic heterocycles. The van der Waals surface area contributed by atoms with Gasteiger partial charge in [0.1, 0.15) is 11.6 Å². The van der Waals surface area contributed by atoms with E-state index >= 15 is 0 Å². The van der Waals surface area contributed by atoms with Crippen molar-refractivity contribution in [3.8, 4) is 0 Å². The standard InChI is InChI=1S/C21H22FN3OS/c1-14-17-12-16(22)7-8-18(17)27-19(14)21(26)24-13-15-6-5-9-23-20(15)25-10-3-2-4-11-25/h5-9,12H,2-4,10-11,13H2,1H3,(H,24,26). The Labute approximate surface area is 162 Å². The molecule has 1 aliphatic heterocycles. The molecule has 6 heteroatoms. The second-order valence-electron chi connectivity index (χ2n) is 6.91. The fourth-order valence-corrected chi connectivity index (χ4v) is 4.73. The van der Waals surface area contributed by atoms with Crippen LogP contribution in [0.4, 0.5) is 10.2 Å². The number of pyridine rings is 1. The number of carbonyl (C=O) groups is 1. The summed E-state index contributed by atoms with van der Waals surface area (Å²) in [7, 11) is 0. The van der Waals surface area contributed by atoms with Crippen LogP contribution in [0.25, 0.3) is 10.1 Å². The van der Waals surface area contributed by atoms with Crippen LogP contribution in [-0.2, 0) is 6.54 Å². The molecule has 0 spiro atoms. The number of aryl methyl sites for hydroxylation is 1. The zero-order valence-corrected chi connectivity index (χ0v) is 16.1. The Hall–Kier alpha value is -2.47. The second-order valence-corrected chi connectivity index (χ2v) is 7.97. The molecule has 3 heterocycles. The molecule has 0 radical (unpaired) electrons. The molecular weight excluding hydrogens is 361 g/mol. The second kappa shape index (κ2) is 7.64. The van der Waals surface area contributed by atoms with E-state index in [1.165, 1.54) is 42.7 Å². The highest BCUT2D eigenvalue weighted by molar-refractivity contribution is 7.21. The van der Waals surface area contributed by atoms with Gasteiger partial charge in [0.15, 0.2) is 0 Å². The van der Waals surface area contributed by atoms with Gasteiger partial charge in [0, 0.05) is 36.1 Å². The Morgan fingerprint density at radius 1 is 1.26 bits per heavy atom. The van der Waals surface area contributed by atoms with Crippen LogP contribution in [0.15, 0.2) is 36.5 Å². The van der Waals surface area contributed by atoms with Crippen molar-refractivity contribution in [2.75, 3.05) is 18.0 Å². The molecule has 27 heavy (non-hydrogen) atoms. The van der Waals surface area contributed by atoms with E-state index in [1.54, 1.807) is 12.3 Å². The van der Waals surface area contributed by atoms with Crippen LogP contribution in [0.1, 0.15) is 40.1 Å². The first kappa shape index (κ1) is 17.9. The van der Waals surface area contributed by atoms with Crippen molar-refractivity contribution in [1.82, 2.24) is 10.3 Å². The van der Waals surface area contributed by atoms with Crippen molar-refractivity contribution in [1.29, 1.82) is 0 Å². The number of aromatic nitrogens is 1. The maximum absolute atomic E-state index is 13.5. The minimum absolute atomic E-state index is 0.123. The number of rotatable bonds is 4. The molecule has 3 aromatic rings. The lowest BCUT2D eigenvalue weighted by molar-refractivity contribution is 0.0954. The minimum atomic E-state index is -0.281. The first-order chi connectivity index (χ1) is 13.1. The predicted molar refractivity (Wildman–Crippen MR) is 108 cm³/mol. The summed E-state index contributed by atoms with van der Waals surface area (Å²) in [5, 5.41) is 3.83.